The number of hydrogen-bond donors (Lipinski definition) is 2. The lowest BCUT2D eigenvalue weighted by Crippen LogP contribution is -2.36. The summed E-state index contributed by atoms with van der Waals surface area (Å²) in [6, 6.07) is 8.43. The molecule has 7 heteroatoms. The van der Waals surface area contributed by atoms with Crippen molar-refractivity contribution in [3.05, 3.63) is 47.5 Å². The fourth-order valence-corrected chi connectivity index (χ4v) is 1.74. The predicted octanol–water partition coefficient (Wildman–Crippen LogP) is 1.61. The van der Waals surface area contributed by atoms with E-state index >= 15 is 0 Å². The van der Waals surface area contributed by atoms with Crippen molar-refractivity contribution in [2.24, 2.45) is 12.0 Å². The van der Waals surface area contributed by atoms with Crippen LogP contribution < -0.4 is 10.6 Å². The van der Waals surface area contributed by atoms with E-state index in [0.29, 0.717) is 6.54 Å². The molecule has 0 fully saturated rings. The summed E-state index contributed by atoms with van der Waals surface area (Å²) in [6.45, 7) is 3.40. The fourth-order valence-electron chi connectivity index (χ4n) is 1.74. The number of benzene rings is 1. The third-order valence-electron chi connectivity index (χ3n) is 3.02. The van der Waals surface area contributed by atoms with Crippen LogP contribution in [0.5, 0.6) is 0 Å². The lowest BCUT2D eigenvalue weighted by Gasteiger charge is -2.11. The number of rotatable bonds is 4. The second kappa shape index (κ2) is 8.60. The third-order valence-corrected chi connectivity index (χ3v) is 3.02. The molecule has 114 valence electrons. The summed E-state index contributed by atoms with van der Waals surface area (Å²) in [4.78, 5) is 4.19. The van der Waals surface area contributed by atoms with E-state index in [1.807, 2.05) is 11.6 Å². The Balaban J connectivity index is 0.00000220. The van der Waals surface area contributed by atoms with Crippen LogP contribution in [0.4, 0.5) is 0 Å². The highest BCUT2D eigenvalue weighted by Gasteiger charge is 2.02. The molecular weight excluding hydrogens is 379 g/mol. The molecule has 0 saturated carbocycles. The van der Waals surface area contributed by atoms with Crippen LogP contribution in [-0.4, -0.2) is 27.8 Å². The first-order valence-electron chi connectivity index (χ1n) is 6.52. The predicted molar refractivity (Wildman–Crippen MR) is 94.6 cm³/mol. The largest absolute Gasteiger partial charge is 0.352 e. The van der Waals surface area contributed by atoms with Crippen LogP contribution in [0.25, 0.3) is 0 Å². The molecule has 0 aliphatic carbocycles. The van der Waals surface area contributed by atoms with E-state index < -0.39 is 0 Å². The molecule has 21 heavy (non-hydrogen) atoms. The first-order chi connectivity index (χ1) is 9.69. The molecular formula is C14H21IN6. The van der Waals surface area contributed by atoms with Crippen LogP contribution in [0.3, 0.4) is 0 Å². The van der Waals surface area contributed by atoms with E-state index in [0.717, 1.165) is 18.3 Å². The second-order valence-electron chi connectivity index (χ2n) is 4.62. The molecule has 2 N–H and O–H groups in total. The van der Waals surface area contributed by atoms with E-state index in [1.165, 1.54) is 11.1 Å². The van der Waals surface area contributed by atoms with Gasteiger partial charge in [0.15, 0.2) is 11.8 Å². The minimum Gasteiger partial charge on any atom is -0.352 e. The van der Waals surface area contributed by atoms with Gasteiger partial charge in [-0.15, -0.1) is 34.2 Å². The number of hydrogen-bond acceptors (Lipinski definition) is 3. The number of aryl methyl sites for hydroxylation is 2. The van der Waals surface area contributed by atoms with Crippen molar-refractivity contribution < 1.29 is 0 Å². The van der Waals surface area contributed by atoms with Crippen LogP contribution in [0, 0.1) is 6.92 Å². The Labute approximate surface area is 142 Å². The quantitative estimate of drug-likeness (QED) is 0.465. The maximum absolute atomic E-state index is 4.19. The molecule has 6 nitrogen and oxygen atoms in total. The Bertz CT molecular complexity index is 575. The standard InChI is InChI=1S/C14H20N6.HI/c1-11-4-6-12(7-5-11)8-16-14(15-2)17-9-13-19-18-10-20(13)3;/h4-7,10H,8-9H2,1-3H3,(H2,15,16,17);1H. The Hall–Kier alpha value is -1.64. The van der Waals surface area contributed by atoms with Gasteiger partial charge in [0.25, 0.3) is 0 Å². The van der Waals surface area contributed by atoms with E-state index in [-0.39, 0.29) is 24.0 Å². The van der Waals surface area contributed by atoms with Gasteiger partial charge in [-0.25, -0.2) is 0 Å². The summed E-state index contributed by atoms with van der Waals surface area (Å²) in [6.07, 6.45) is 1.68. The number of halogens is 1. The second-order valence-corrected chi connectivity index (χ2v) is 4.62. The molecule has 0 aliphatic rings. The molecule has 0 atom stereocenters. The zero-order valence-corrected chi connectivity index (χ0v) is 14.8. The Morgan fingerprint density at radius 1 is 1.19 bits per heavy atom. The van der Waals surface area contributed by atoms with Crippen LogP contribution in [0.15, 0.2) is 35.6 Å². The van der Waals surface area contributed by atoms with Crippen LogP contribution >= 0.6 is 24.0 Å². The SMILES string of the molecule is CN=C(NCc1ccc(C)cc1)NCc1nncn1C.I. The molecule has 0 aliphatic heterocycles. The lowest BCUT2D eigenvalue weighted by atomic mass is 10.1. The number of guanidine groups is 1. The molecule has 1 aromatic heterocycles. The van der Waals surface area contributed by atoms with Gasteiger partial charge in [0.1, 0.15) is 6.33 Å². The van der Waals surface area contributed by atoms with Crippen molar-refractivity contribution in [2.45, 2.75) is 20.0 Å². The first-order valence-corrected chi connectivity index (χ1v) is 6.52. The Morgan fingerprint density at radius 3 is 2.43 bits per heavy atom. The first kappa shape index (κ1) is 17.4. The molecule has 0 saturated heterocycles. The highest BCUT2D eigenvalue weighted by molar-refractivity contribution is 14.0. The van der Waals surface area contributed by atoms with E-state index in [2.05, 4.69) is 57.0 Å². The van der Waals surface area contributed by atoms with E-state index in [1.54, 1.807) is 13.4 Å². The zero-order valence-electron chi connectivity index (χ0n) is 12.5. The molecule has 0 bridgehead atoms. The molecule has 1 heterocycles. The van der Waals surface area contributed by atoms with Crippen molar-refractivity contribution in [3.8, 4) is 0 Å². The summed E-state index contributed by atoms with van der Waals surface area (Å²) in [5.41, 5.74) is 2.48. The number of nitrogens with zero attached hydrogens (tertiary/aromatic N) is 4. The topological polar surface area (TPSA) is 67.1 Å². The Morgan fingerprint density at radius 2 is 1.86 bits per heavy atom. The van der Waals surface area contributed by atoms with Gasteiger partial charge >= 0.3 is 0 Å². The van der Waals surface area contributed by atoms with Crippen LogP contribution in [0.2, 0.25) is 0 Å². The van der Waals surface area contributed by atoms with Crippen molar-refractivity contribution >= 4 is 29.9 Å². The van der Waals surface area contributed by atoms with E-state index in [9.17, 15) is 0 Å². The third kappa shape index (κ3) is 5.33. The van der Waals surface area contributed by atoms with Gasteiger partial charge in [-0.2, -0.15) is 0 Å². The van der Waals surface area contributed by atoms with Gasteiger partial charge in [0, 0.05) is 20.6 Å². The summed E-state index contributed by atoms with van der Waals surface area (Å²) in [7, 11) is 3.67. The minimum atomic E-state index is 0. The van der Waals surface area contributed by atoms with Crippen LogP contribution in [-0.2, 0) is 20.1 Å². The van der Waals surface area contributed by atoms with Gasteiger partial charge in [-0.1, -0.05) is 29.8 Å². The number of aromatic nitrogens is 3. The fraction of sp³-hybridized carbons (Fsp3) is 0.357. The summed E-state index contributed by atoms with van der Waals surface area (Å²) in [5.74, 6) is 1.61. The number of aliphatic imine (C=N–C) groups is 1. The molecule has 2 rings (SSSR count). The van der Waals surface area contributed by atoms with Crippen molar-refractivity contribution in [3.63, 3.8) is 0 Å². The highest BCUT2D eigenvalue weighted by atomic mass is 127. The molecule has 0 amide bonds. The van der Waals surface area contributed by atoms with E-state index in [4.69, 9.17) is 0 Å². The highest BCUT2D eigenvalue weighted by Crippen LogP contribution is 2.02. The summed E-state index contributed by atoms with van der Waals surface area (Å²) in [5, 5.41) is 14.3. The maximum atomic E-state index is 4.19. The normalized spacial score (nSPS) is 10.9. The monoisotopic (exact) mass is 400 g/mol. The molecule has 1 aromatic carbocycles. The zero-order chi connectivity index (χ0) is 14.4. The average Bonchev–Trinajstić information content (AvgIpc) is 2.86. The smallest absolute Gasteiger partial charge is 0.191 e. The van der Waals surface area contributed by atoms with Crippen LogP contribution in [0.1, 0.15) is 17.0 Å². The number of nitrogens with one attached hydrogen (secondary N) is 2. The van der Waals surface area contributed by atoms with Gasteiger partial charge in [-0.05, 0) is 12.5 Å². The average molecular weight is 400 g/mol. The van der Waals surface area contributed by atoms with Crippen molar-refractivity contribution in [2.75, 3.05) is 7.05 Å². The molecule has 0 radical (unpaired) electrons. The van der Waals surface area contributed by atoms with Gasteiger partial charge in [0.2, 0.25) is 0 Å². The van der Waals surface area contributed by atoms with Gasteiger partial charge in [0.05, 0.1) is 6.54 Å². The van der Waals surface area contributed by atoms with Gasteiger partial charge < -0.3 is 15.2 Å². The lowest BCUT2D eigenvalue weighted by molar-refractivity contribution is 0.725. The summed E-state index contributed by atoms with van der Waals surface area (Å²) >= 11 is 0. The molecule has 2 aromatic rings. The van der Waals surface area contributed by atoms with Crippen molar-refractivity contribution in [1.82, 2.24) is 25.4 Å². The molecule has 0 unspecified atom stereocenters. The van der Waals surface area contributed by atoms with Crippen molar-refractivity contribution in [1.29, 1.82) is 0 Å². The minimum absolute atomic E-state index is 0. The Kier molecular flexibility index (Phi) is 7.13. The molecule has 0 spiro atoms. The van der Waals surface area contributed by atoms with Gasteiger partial charge in [-0.3, -0.25) is 4.99 Å². The maximum Gasteiger partial charge on any atom is 0.191 e. The summed E-state index contributed by atoms with van der Waals surface area (Å²) < 4.78 is 1.88.